The summed E-state index contributed by atoms with van der Waals surface area (Å²) in [6.07, 6.45) is 6.89. The maximum absolute atomic E-state index is 12.3. The predicted octanol–water partition coefficient (Wildman–Crippen LogP) is 2.12. The highest BCUT2D eigenvalue weighted by Crippen LogP contribution is 2.27. The Morgan fingerprint density at radius 2 is 2.19 bits per heavy atom. The fraction of sp³-hybridized carbons (Fsp3) is 0.667. The summed E-state index contributed by atoms with van der Waals surface area (Å²) in [5, 5.41) is 15.6. The molecule has 4 rings (SSSR count). The highest BCUT2D eigenvalue weighted by molar-refractivity contribution is 5.91. The Kier molecular flexibility index (Phi) is 5.01. The molecule has 0 radical (unpaired) electrons. The second-order valence-electron chi connectivity index (χ2n) is 7.38. The van der Waals surface area contributed by atoms with Gasteiger partial charge in [-0.1, -0.05) is 11.6 Å². The quantitative estimate of drug-likeness (QED) is 0.900. The van der Waals surface area contributed by atoms with Crippen molar-refractivity contribution >= 4 is 11.7 Å². The van der Waals surface area contributed by atoms with E-state index in [0.717, 1.165) is 50.5 Å². The number of aromatic nitrogens is 4. The molecular weight excluding hydrogens is 332 g/mol. The molecular formula is C18H26N6O2. The monoisotopic (exact) mass is 358 g/mol. The normalized spacial score (nSPS) is 21.2. The Hall–Kier alpha value is -2.22. The molecule has 8 nitrogen and oxygen atoms in total. The van der Waals surface area contributed by atoms with Gasteiger partial charge in [0.15, 0.2) is 5.82 Å². The van der Waals surface area contributed by atoms with Crippen LogP contribution in [0.25, 0.3) is 0 Å². The van der Waals surface area contributed by atoms with Gasteiger partial charge < -0.3 is 14.4 Å². The van der Waals surface area contributed by atoms with E-state index in [-0.39, 0.29) is 5.91 Å². The van der Waals surface area contributed by atoms with E-state index in [1.807, 2.05) is 0 Å². The van der Waals surface area contributed by atoms with Gasteiger partial charge in [0.1, 0.15) is 17.4 Å². The van der Waals surface area contributed by atoms with Gasteiger partial charge in [0.25, 0.3) is 0 Å². The van der Waals surface area contributed by atoms with E-state index in [2.05, 4.69) is 30.1 Å². The standard InChI is InChI=1S/C18H26N6O2/c1-13-10-15(22-26-13)19-17(25)12-23-8-5-6-14(11-23)18-21-20-16-7-3-2-4-9-24(16)18/h10,14H,2-9,11-12H2,1H3,(H,19,22,25). The Morgan fingerprint density at radius 1 is 1.27 bits per heavy atom. The topological polar surface area (TPSA) is 89.1 Å². The molecule has 1 unspecified atom stereocenters. The number of amides is 1. The van der Waals surface area contributed by atoms with Crippen LogP contribution in [0.4, 0.5) is 5.82 Å². The molecule has 0 spiro atoms. The highest BCUT2D eigenvalue weighted by Gasteiger charge is 2.28. The average molecular weight is 358 g/mol. The minimum atomic E-state index is -0.0565. The van der Waals surface area contributed by atoms with Crippen LogP contribution < -0.4 is 5.32 Å². The molecule has 2 aliphatic rings. The summed E-state index contributed by atoms with van der Waals surface area (Å²) in [4.78, 5) is 14.5. The first-order valence-corrected chi connectivity index (χ1v) is 9.56. The molecule has 140 valence electrons. The minimum absolute atomic E-state index is 0.0565. The summed E-state index contributed by atoms with van der Waals surface area (Å²) < 4.78 is 7.32. The number of hydrogen-bond donors (Lipinski definition) is 1. The lowest BCUT2D eigenvalue weighted by Gasteiger charge is -2.31. The molecule has 8 heteroatoms. The zero-order valence-electron chi connectivity index (χ0n) is 15.3. The maximum Gasteiger partial charge on any atom is 0.239 e. The van der Waals surface area contributed by atoms with Crippen molar-refractivity contribution in [3.8, 4) is 0 Å². The number of likely N-dealkylation sites (tertiary alicyclic amines) is 1. The number of carbonyl (C=O) groups is 1. The van der Waals surface area contributed by atoms with E-state index in [0.29, 0.717) is 24.0 Å². The molecule has 0 saturated carbocycles. The van der Waals surface area contributed by atoms with Gasteiger partial charge in [-0.3, -0.25) is 9.69 Å². The Morgan fingerprint density at radius 3 is 3.04 bits per heavy atom. The van der Waals surface area contributed by atoms with E-state index in [1.165, 1.54) is 19.3 Å². The number of carbonyl (C=O) groups excluding carboxylic acids is 1. The van der Waals surface area contributed by atoms with E-state index in [9.17, 15) is 4.79 Å². The summed E-state index contributed by atoms with van der Waals surface area (Å²) >= 11 is 0. The molecule has 2 aromatic heterocycles. The van der Waals surface area contributed by atoms with E-state index in [1.54, 1.807) is 13.0 Å². The molecule has 26 heavy (non-hydrogen) atoms. The third-order valence-electron chi connectivity index (χ3n) is 5.27. The first-order chi connectivity index (χ1) is 12.7. The third-order valence-corrected chi connectivity index (χ3v) is 5.27. The smallest absolute Gasteiger partial charge is 0.239 e. The Bertz CT molecular complexity index is 768. The van der Waals surface area contributed by atoms with Crippen LogP contribution in [0.1, 0.15) is 55.4 Å². The van der Waals surface area contributed by atoms with Crippen molar-refractivity contribution in [1.29, 1.82) is 0 Å². The third kappa shape index (κ3) is 3.80. The van der Waals surface area contributed by atoms with Crippen molar-refractivity contribution in [1.82, 2.24) is 24.8 Å². The molecule has 1 atom stereocenters. The van der Waals surface area contributed by atoms with Crippen molar-refractivity contribution in [2.24, 2.45) is 0 Å². The van der Waals surface area contributed by atoms with Crippen molar-refractivity contribution in [3.05, 3.63) is 23.5 Å². The maximum atomic E-state index is 12.3. The van der Waals surface area contributed by atoms with Crippen molar-refractivity contribution in [3.63, 3.8) is 0 Å². The van der Waals surface area contributed by atoms with Crippen molar-refractivity contribution < 1.29 is 9.32 Å². The SMILES string of the molecule is Cc1cc(NC(=O)CN2CCCC(c3nnc4n3CCCCC4)C2)no1. The summed E-state index contributed by atoms with van der Waals surface area (Å²) in [6, 6.07) is 1.72. The molecule has 0 aliphatic carbocycles. The summed E-state index contributed by atoms with van der Waals surface area (Å²) in [5.74, 6) is 3.70. The van der Waals surface area contributed by atoms with Crippen LogP contribution in [0.15, 0.2) is 10.6 Å². The molecule has 2 aromatic rings. The highest BCUT2D eigenvalue weighted by atomic mass is 16.5. The lowest BCUT2D eigenvalue weighted by Crippen LogP contribution is -2.40. The minimum Gasteiger partial charge on any atom is -0.360 e. The van der Waals surface area contributed by atoms with Crippen LogP contribution in [-0.2, 0) is 17.8 Å². The van der Waals surface area contributed by atoms with Gasteiger partial charge >= 0.3 is 0 Å². The number of aryl methyl sites for hydroxylation is 2. The lowest BCUT2D eigenvalue weighted by atomic mass is 9.97. The molecule has 1 saturated heterocycles. The van der Waals surface area contributed by atoms with Crippen LogP contribution in [0.5, 0.6) is 0 Å². The van der Waals surface area contributed by atoms with Crippen LogP contribution in [0.3, 0.4) is 0 Å². The van der Waals surface area contributed by atoms with E-state index in [4.69, 9.17) is 4.52 Å². The largest absolute Gasteiger partial charge is 0.360 e. The summed E-state index contributed by atoms with van der Waals surface area (Å²) in [5.41, 5.74) is 0. The number of anilines is 1. The fourth-order valence-electron chi connectivity index (χ4n) is 4.03. The second kappa shape index (κ2) is 7.57. The fourth-order valence-corrected chi connectivity index (χ4v) is 4.03. The lowest BCUT2D eigenvalue weighted by molar-refractivity contribution is -0.117. The first kappa shape index (κ1) is 17.2. The van der Waals surface area contributed by atoms with Crippen LogP contribution in [0, 0.1) is 6.92 Å². The molecule has 1 amide bonds. The van der Waals surface area contributed by atoms with Gasteiger partial charge in [-0.25, -0.2) is 0 Å². The molecule has 0 bridgehead atoms. The Balaban J connectivity index is 1.38. The van der Waals surface area contributed by atoms with Gasteiger partial charge in [0.05, 0.1) is 6.54 Å². The number of rotatable bonds is 4. The Labute approximate surface area is 152 Å². The number of nitrogens with zero attached hydrogens (tertiary/aromatic N) is 5. The van der Waals surface area contributed by atoms with Crippen LogP contribution >= 0.6 is 0 Å². The zero-order valence-corrected chi connectivity index (χ0v) is 15.3. The average Bonchev–Trinajstić information content (AvgIpc) is 3.14. The van der Waals surface area contributed by atoms with Crippen LogP contribution in [-0.4, -0.2) is 50.4 Å². The number of nitrogens with one attached hydrogen (secondary N) is 1. The zero-order chi connectivity index (χ0) is 17.9. The number of piperidine rings is 1. The van der Waals surface area contributed by atoms with Gasteiger partial charge in [0.2, 0.25) is 5.91 Å². The number of hydrogen-bond acceptors (Lipinski definition) is 6. The molecule has 4 heterocycles. The van der Waals surface area contributed by atoms with Gasteiger partial charge in [0, 0.05) is 31.5 Å². The number of fused-ring (bicyclic) bond motifs is 1. The van der Waals surface area contributed by atoms with Crippen molar-refractivity contribution in [2.45, 2.75) is 57.9 Å². The molecule has 0 aromatic carbocycles. The summed E-state index contributed by atoms with van der Waals surface area (Å²) in [7, 11) is 0. The van der Waals surface area contributed by atoms with E-state index >= 15 is 0 Å². The second-order valence-corrected chi connectivity index (χ2v) is 7.38. The van der Waals surface area contributed by atoms with E-state index < -0.39 is 0 Å². The molecule has 2 aliphatic heterocycles. The first-order valence-electron chi connectivity index (χ1n) is 9.56. The molecule has 1 fully saturated rings. The van der Waals surface area contributed by atoms with Gasteiger partial charge in [-0.2, -0.15) is 0 Å². The van der Waals surface area contributed by atoms with Gasteiger partial charge in [-0.05, 0) is 39.2 Å². The van der Waals surface area contributed by atoms with Crippen LogP contribution in [0.2, 0.25) is 0 Å². The van der Waals surface area contributed by atoms with Gasteiger partial charge in [-0.15, -0.1) is 10.2 Å². The summed E-state index contributed by atoms with van der Waals surface area (Å²) in [6.45, 7) is 4.98. The van der Waals surface area contributed by atoms with Crippen molar-refractivity contribution in [2.75, 3.05) is 25.0 Å². The molecule has 1 N–H and O–H groups in total. The predicted molar refractivity (Wildman–Crippen MR) is 95.9 cm³/mol.